The van der Waals surface area contributed by atoms with Gasteiger partial charge in [-0.15, -0.1) is 0 Å². The molecule has 198 valence electrons. The SMILES string of the molecule is Cc1ccc(CC(C)(C)NC[C@@H](O)COC(C)c2ccccc2-c2cc(C)c(C(=O)O)c(C)c2)cc1F. The molecule has 0 radical (unpaired) electrons. The van der Waals surface area contributed by atoms with Crippen molar-refractivity contribution in [2.45, 2.75) is 65.7 Å². The zero-order valence-corrected chi connectivity index (χ0v) is 22.6. The van der Waals surface area contributed by atoms with Crippen molar-refractivity contribution < 1.29 is 24.1 Å². The fraction of sp³-hybridized carbons (Fsp3) is 0.387. The van der Waals surface area contributed by atoms with Crippen LogP contribution in [0.2, 0.25) is 0 Å². The number of hydrogen-bond acceptors (Lipinski definition) is 4. The number of aliphatic hydroxyl groups excluding tert-OH is 1. The number of ether oxygens (including phenoxy) is 1. The summed E-state index contributed by atoms with van der Waals surface area (Å²) in [6, 6.07) is 16.9. The summed E-state index contributed by atoms with van der Waals surface area (Å²) in [4.78, 5) is 11.6. The summed E-state index contributed by atoms with van der Waals surface area (Å²) >= 11 is 0. The summed E-state index contributed by atoms with van der Waals surface area (Å²) in [5.74, 6) is -1.14. The second-order valence-corrected chi connectivity index (χ2v) is 10.5. The van der Waals surface area contributed by atoms with E-state index in [0.717, 1.165) is 22.3 Å². The van der Waals surface area contributed by atoms with E-state index in [-0.39, 0.29) is 24.1 Å². The Bertz CT molecular complexity index is 1230. The molecule has 3 N–H and O–H groups in total. The Morgan fingerprint density at radius 2 is 1.68 bits per heavy atom. The Morgan fingerprint density at radius 1 is 1.03 bits per heavy atom. The maximum atomic E-state index is 13.9. The molecule has 0 aliphatic rings. The van der Waals surface area contributed by atoms with Crippen molar-refractivity contribution in [2.24, 2.45) is 0 Å². The Kier molecular flexibility index (Phi) is 9.24. The number of carbonyl (C=O) groups is 1. The highest BCUT2D eigenvalue weighted by Gasteiger charge is 2.21. The number of hydrogen-bond donors (Lipinski definition) is 3. The highest BCUT2D eigenvalue weighted by Crippen LogP contribution is 2.32. The first-order chi connectivity index (χ1) is 17.4. The van der Waals surface area contributed by atoms with Crippen LogP contribution in [-0.2, 0) is 11.2 Å². The van der Waals surface area contributed by atoms with Gasteiger partial charge < -0.3 is 20.3 Å². The number of carboxylic acid groups (broad SMARTS) is 1. The molecule has 0 saturated carbocycles. The average molecular weight is 508 g/mol. The number of rotatable bonds is 11. The van der Waals surface area contributed by atoms with Crippen LogP contribution in [0.3, 0.4) is 0 Å². The van der Waals surface area contributed by atoms with Crippen LogP contribution in [0.25, 0.3) is 11.1 Å². The molecule has 6 heteroatoms. The van der Waals surface area contributed by atoms with Gasteiger partial charge in [0.05, 0.1) is 24.4 Å². The van der Waals surface area contributed by atoms with Gasteiger partial charge in [0.2, 0.25) is 0 Å². The number of benzene rings is 3. The molecule has 0 bridgehead atoms. The predicted molar refractivity (Wildman–Crippen MR) is 146 cm³/mol. The number of aliphatic hydroxyl groups is 1. The van der Waals surface area contributed by atoms with E-state index in [9.17, 15) is 19.4 Å². The largest absolute Gasteiger partial charge is 0.478 e. The number of halogens is 1. The van der Waals surface area contributed by atoms with Crippen molar-refractivity contribution in [2.75, 3.05) is 13.2 Å². The Labute approximate surface area is 219 Å². The number of nitrogens with one attached hydrogen (secondary N) is 1. The van der Waals surface area contributed by atoms with Crippen LogP contribution in [0.15, 0.2) is 54.6 Å². The van der Waals surface area contributed by atoms with E-state index in [0.29, 0.717) is 35.2 Å². The van der Waals surface area contributed by atoms with Gasteiger partial charge >= 0.3 is 5.97 Å². The van der Waals surface area contributed by atoms with Crippen molar-refractivity contribution in [3.05, 3.63) is 93.8 Å². The first kappa shape index (κ1) is 28.5. The highest BCUT2D eigenvalue weighted by molar-refractivity contribution is 5.92. The first-order valence-corrected chi connectivity index (χ1v) is 12.6. The smallest absolute Gasteiger partial charge is 0.336 e. The summed E-state index contributed by atoms with van der Waals surface area (Å²) in [7, 11) is 0. The molecule has 3 aromatic rings. The van der Waals surface area contributed by atoms with E-state index in [1.165, 1.54) is 0 Å². The first-order valence-electron chi connectivity index (χ1n) is 12.6. The molecule has 2 atom stereocenters. The number of β-amino-alcohol motifs (C(OH)–C–C–N with tert-alkyl or cyclic N) is 1. The molecule has 0 aliphatic heterocycles. The van der Waals surface area contributed by atoms with Gasteiger partial charge in [0.15, 0.2) is 0 Å². The van der Waals surface area contributed by atoms with Gasteiger partial charge in [-0.25, -0.2) is 9.18 Å². The minimum Gasteiger partial charge on any atom is -0.478 e. The molecule has 3 rings (SSSR count). The van der Waals surface area contributed by atoms with E-state index in [4.69, 9.17) is 4.74 Å². The van der Waals surface area contributed by atoms with Crippen LogP contribution < -0.4 is 5.32 Å². The van der Waals surface area contributed by atoms with Gasteiger partial charge in [-0.1, -0.05) is 48.5 Å². The zero-order chi connectivity index (χ0) is 27.3. The molecule has 5 nitrogen and oxygen atoms in total. The Morgan fingerprint density at radius 3 is 2.30 bits per heavy atom. The molecule has 0 aromatic heterocycles. The Hall–Kier alpha value is -3.06. The summed E-state index contributed by atoms with van der Waals surface area (Å²) in [6.07, 6.45) is -0.377. The molecule has 0 spiro atoms. The van der Waals surface area contributed by atoms with E-state index in [1.807, 2.05) is 77.1 Å². The second-order valence-electron chi connectivity index (χ2n) is 10.5. The fourth-order valence-electron chi connectivity index (χ4n) is 4.69. The van der Waals surface area contributed by atoms with Crippen molar-refractivity contribution in [1.29, 1.82) is 0 Å². The van der Waals surface area contributed by atoms with Crippen molar-refractivity contribution in [3.63, 3.8) is 0 Å². The summed E-state index contributed by atoms with van der Waals surface area (Å²) < 4.78 is 20.0. The van der Waals surface area contributed by atoms with Crippen molar-refractivity contribution >= 4 is 5.97 Å². The highest BCUT2D eigenvalue weighted by atomic mass is 19.1. The van der Waals surface area contributed by atoms with Gasteiger partial charge in [0.25, 0.3) is 0 Å². The second kappa shape index (κ2) is 12.0. The van der Waals surface area contributed by atoms with Gasteiger partial charge in [-0.3, -0.25) is 0 Å². The maximum Gasteiger partial charge on any atom is 0.336 e. The lowest BCUT2D eigenvalue weighted by Gasteiger charge is -2.28. The van der Waals surface area contributed by atoms with E-state index < -0.39 is 12.1 Å². The Balaban J connectivity index is 1.62. The van der Waals surface area contributed by atoms with Crippen LogP contribution in [0.1, 0.15) is 65.1 Å². The molecule has 0 heterocycles. The van der Waals surface area contributed by atoms with E-state index in [2.05, 4.69) is 5.32 Å². The zero-order valence-electron chi connectivity index (χ0n) is 22.6. The molecular formula is C31H38FNO4. The molecule has 0 fully saturated rings. The molecule has 0 aliphatic carbocycles. The van der Waals surface area contributed by atoms with Crippen LogP contribution >= 0.6 is 0 Å². The topological polar surface area (TPSA) is 78.8 Å². The van der Waals surface area contributed by atoms with Gasteiger partial charge in [0.1, 0.15) is 5.82 Å². The molecule has 3 aromatic carbocycles. The number of aryl methyl sites for hydroxylation is 3. The molecule has 0 amide bonds. The summed E-state index contributed by atoms with van der Waals surface area (Å²) in [5, 5.41) is 23.5. The van der Waals surface area contributed by atoms with Crippen molar-refractivity contribution in [3.8, 4) is 11.1 Å². The van der Waals surface area contributed by atoms with Gasteiger partial charge in [-0.2, -0.15) is 0 Å². The normalized spacial score (nSPS) is 13.4. The predicted octanol–water partition coefficient (Wildman–Crippen LogP) is 6.17. The van der Waals surface area contributed by atoms with E-state index >= 15 is 0 Å². The third-order valence-corrected chi connectivity index (χ3v) is 6.69. The monoisotopic (exact) mass is 507 g/mol. The molecule has 0 saturated heterocycles. The van der Waals surface area contributed by atoms with Crippen molar-refractivity contribution in [1.82, 2.24) is 5.32 Å². The lowest BCUT2D eigenvalue weighted by molar-refractivity contribution is -0.00397. The van der Waals surface area contributed by atoms with Gasteiger partial charge in [0, 0.05) is 12.1 Å². The average Bonchev–Trinajstić information content (AvgIpc) is 2.82. The van der Waals surface area contributed by atoms with Gasteiger partial charge in [-0.05, 0) is 93.0 Å². The maximum absolute atomic E-state index is 13.9. The molecule has 37 heavy (non-hydrogen) atoms. The van der Waals surface area contributed by atoms with E-state index in [1.54, 1.807) is 19.1 Å². The quantitative estimate of drug-likeness (QED) is 0.289. The molecular weight excluding hydrogens is 469 g/mol. The number of aromatic carboxylic acids is 1. The standard InChI is InChI=1S/C31H38FNO4/c1-19-11-12-23(15-28(19)32)16-31(5,6)33-17-25(34)18-37-22(4)26-9-7-8-10-27(26)24-13-20(2)29(30(35)36)21(3)14-24/h7-15,22,25,33-34H,16-18H2,1-6H3,(H,35,36)/t22?,25-/m1/s1. The summed E-state index contributed by atoms with van der Waals surface area (Å²) in [6.45, 7) is 11.8. The van der Waals surface area contributed by atoms with Crippen LogP contribution in [0.5, 0.6) is 0 Å². The molecule has 1 unspecified atom stereocenters. The third-order valence-electron chi connectivity index (χ3n) is 6.69. The van der Waals surface area contributed by atoms with Crippen LogP contribution in [-0.4, -0.2) is 41.0 Å². The number of carboxylic acids is 1. The lowest BCUT2D eigenvalue weighted by atomic mass is 9.92. The minimum absolute atomic E-state index is 0.147. The summed E-state index contributed by atoms with van der Waals surface area (Å²) in [5.41, 5.74) is 5.81. The van der Waals surface area contributed by atoms with Crippen LogP contribution in [0, 0.1) is 26.6 Å². The fourth-order valence-corrected chi connectivity index (χ4v) is 4.69. The minimum atomic E-state index is -0.927. The third kappa shape index (κ3) is 7.48. The van der Waals surface area contributed by atoms with Crippen LogP contribution in [0.4, 0.5) is 4.39 Å². The lowest BCUT2D eigenvalue weighted by Crippen LogP contribution is -2.46.